The number of carbonyl (C=O) groups excluding carboxylic acids is 1. The van der Waals surface area contributed by atoms with Crippen LogP contribution in [0.2, 0.25) is 0 Å². The average Bonchev–Trinajstić information content (AvgIpc) is 2.60. The molecule has 2 aliphatic heterocycles. The van der Waals surface area contributed by atoms with E-state index in [4.69, 9.17) is 14.2 Å². The molecule has 0 aromatic carbocycles. The highest BCUT2D eigenvalue weighted by Crippen LogP contribution is 2.28. The van der Waals surface area contributed by atoms with Crippen molar-refractivity contribution in [2.24, 2.45) is 0 Å². The lowest BCUT2D eigenvalue weighted by atomic mass is 9.96. The van der Waals surface area contributed by atoms with Gasteiger partial charge in [-0.2, -0.15) is 0 Å². The van der Waals surface area contributed by atoms with Gasteiger partial charge in [-0.15, -0.1) is 0 Å². The number of ether oxygens (including phenoxy) is 3. The fourth-order valence-corrected chi connectivity index (χ4v) is 2.83. The van der Waals surface area contributed by atoms with Crippen molar-refractivity contribution in [1.82, 2.24) is 5.32 Å². The Labute approximate surface area is 148 Å². The Morgan fingerprint density at radius 1 is 0.923 bits per heavy atom. The molecule has 26 heavy (non-hydrogen) atoms. The molecule has 0 radical (unpaired) electrons. The van der Waals surface area contributed by atoms with Gasteiger partial charge in [0.25, 0.3) is 0 Å². The molecule has 0 aliphatic carbocycles. The Morgan fingerprint density at radius 2 is 1.58 bits per heavy atom. The Balaban J connectivity index is 2.14. The van der Waals surface area contributed by atoms with Crippen molar-refractivity contribution >= 4 is 5.91 Å². The number of aliphatic hydroxyl groups excluding tert-OH is 7. The molecule has 0 spiro atoms. The third kappa shape index (κ3) is 4.48. The predicted molar refractivity (Wildman–Crippen MR) is 80.2 cm³/mol. The minimum absolute atomic E-state index is 0.196. The lowest BCUT2D eigenvalue weighted by Gasteiger charge is -2.45. The van der Waals surface area contributed by atoms with Crippen LogP contribution < -0.4 is 5.32 Å². The Bertz CT molecular complexity index is 478. The van der Waals surface area contributed by atoms with E-state index in [0.717, 1.165) is 0 Å². The van der Waals surface area contributed by atoms with Crippen LogP contribution in [0, 0.1) is 0 Å². The number of nitrogens with one attached hydrogen (secondary N) is 1. The molecule has 12 nitrogen and oxygen atoms in total. The summed E-state index contributed by atoms with van der Waals surface area (Å²) in [4.78, 5) is 11.1. The van der Waals surface area contributed by atoms with Crippen molar-refractivity contribution < 1.29 is 54.8 Å². The van der Waals surface area contributed by atoms with Crippen molar-refractivity contribution in [1.29, 1.82) is 0 Å². The lowest BCUT2D eigenvalue weighted by Crippen LogP contribution is -2.65. The normalized spacial score (nSPS) is 46.8. The van der Waals surface area contributed by atoms with E-state index in [-0.39, 0.29) is 6.54 Å². The summed E-state index contributed by atoms with van der Waals surface area (Å²) >= 11 is 0. The van der Waals surface area contributed by atoms with Crippen LogP contribution in [0.15, 0.2) is 0 Å². The van der Waals surface area contributed by atoms with Gasteiger partial charge in [-0.25, -0.2) is 0 Å². The Kier molecular flexibility index (Phi) is 7.27. The molecule has 8 N–H and O–H groups in total. The highest BCUT2D eigenvalue weighted by atomic mass is 16.7. The van der Waals surface area contributed by atoms with Gasteiger partial charge >= 0.3 is 0 Å². The maximum Gasteiger partial charge on any atom is 0.216 e. The molecule has 2 aliphatic rings. The second-order valence-electron chi connectivity index (χ2n) is 6.28. The summed E-state index contributed by atoms with van der Waals surface area (Å²) in [7, 11) is 0. The van der Waals surface area contributed by atoms with Gasteiger partial charge in [-0.05, 0) is 0 Å². The first-order valence-corrected chi connectivity index (χ1v) is 8.07. The van der Waals surface area contributed by atoms with E-state index in [0.29, 0.717) is 0 Å². The summed E-state index contributed by atoms with van der Waals surface area (Å²) in [6.45, 7) is 0.363. The molecular weight excluding hydrogens is 358 g/mol. The van der Waals surface area contributed by atoms with Crippen LogP contribution in [-0.4, -0.2) is 116 Å². The predicted octanol–water partition coefficient (Wildman–Crippen LogP) is -5.25. The van der Waals surface area contributed by atoms with E-state index in [9.17, 15) is 40.5 Å². The topological polar surface area (TPSA) is 198 Å². The van der Waals surface area contributed by atoms with Gasteiger partial charge in [0.15, 0.2) is 12.6 Å². The van der Waals surface area contributed by atoms with Gasteiger partial charge in [-0.3, -0.25) is 4.79 Å². The fraction of sp³-hybridized carbons (Fsp3) is 0.929. The van der Waals surface area contributed by atoms with Crippen LogP contribution in [-0.2, 0) is 19.0 Å². The van der Waals surface area contributed by atoms with Crippen molar-refractivity contribution in [3.63, 3.8) is 0 Å². The summed E-state index contributed by atoms with van der Waals surface area (Å²) in [5, 5.41) is 70.7. The molecule has 2 rings (SSSR count). The quantitative estimate of drug-likeness (QED) is 0.226. The number of aliphatic hydroxyl groups is 7. The van der Waals surface area contributed by atoms with E-state index >= 15 is 0 Å². The van der Waals surface area contributed by atoms with Crippen molar-refractivity contribution in [3.8, 4) is 0 Å². The molecule has 152 valence electrons. The highest BCUT2D eigenvalue weighted by molar-refractivity contribution is 5.72. The van der Waals surface area contributed by atoms with Gasteiger partial charge in [-0.1, -0.05) is 0 Å². The Morgan fingerprint density at radius 3 is 2.15 bits per heavy atom. The molecule has 10 atom stereocenters. The van der Waals surface area contributed by atoms with Crippen LogP contribution in [0.25, 0.3) is 0 Å². The monoisotopic (exact) mass is 383 g/mol. The summed E-state index contributed by atoms with van der Waals surface area (Å²) in [6, 6.07) is 0. The maximum atomic E-state index is 11.1. The SMILES string of the molecule is CC(=O)NC[C@H]1O[C@@H](O)[C@H](O)[C@@H](O)[C@@H]1O[C@H]1O[C@H](CO)[C@@H](O)[C@H](O)[C@H]1O. The molecule has 0 aromatic rings. The lowest BCUT2D eigenvalue weighted by molar-refractivity contribution is -0.352. The zero-order valence-corrected chi connectivity index (χ0v) is 14.0. The molecule has 2 heterocycles. The van der Waals surface area contributed by atoms with Crippen LogP contribution in [0.1, 0.15) is 6.92 Å². The number of hydrogen-bond acceptors (Lipinski definition) is 11. The third-order valence-electron chi connectivity index (χ3n) is 4.35. The zero-order chi connectivity index (χ0) is 19.6. The second-order valence-corrected chi connectivity index (χ2v) is 6.28. The first-order chi connectivity index (χ1) is 12.2. The number of hydrogen-bond donors (Lipinski definition) is 8. The molecule has 0 aromatic heterocycles. The molecule has 2 fully saturated rings. The summed E-state index contributed by atoms with van der Waals surface area (Å²) < 4.78 is 15.7. The minimum atomic E-state index is -1.74. The van der Waals surface area contributed by atoms with Gasteiger partial charge < -0.3 is 55.3 Å². The van der Waals surface area contributed by atoms with Crippen molar-refractivity contribution in [2.45, 2.75) is 68.3 Å². The molecular formula is C14H25NO11. The summed E-state index contributed by atoms with van der Waals surface area (Å²) in [5.74, 6) is -0.421. The van der Waals surface area contributed by atoms with E-state index in [1.54, 1.807) is 0 Å². The average molecular weight is 383 g/mol. The largest absolute Gasteiger partial charge is 0.394 e. The number of carbonyl (C=O) groups is 1. The summed E-state index contributed by atoms with van der Waals surface area (Å²) in [5.41, 5.74) is 0. The molecule has 0 saturated carbocycles. The Hall–Kier alpha value is -0.930. The van der Waals surface area contributed by atoms with Gasteiger partial charge in [0.2, 0.25) is 5.91 Å². The minimum Gasteiger partial charge on any atom is -0.394 e. The van der Waals surface area contributed by atoms with Crippen LogP contribution in [0.3, 0.4) is 0 Å². The van der Waals surface area contributed by atoms with Gasteiger partial charge in [0.05, 0.1) is 6.61 Å². The molecule has 12 heteroatoms. The molecule has 1 amide bonds. The first kappa shape index (κ1) is 21.4. The number of rotatable bonds is 5. The van der Waals surface area contributed by atoms with Gasteiger partial charge in [0.1, 0.15) is 48.8 Å². The van der Waals surface area contributed by atoms with Crippen molar-refractivity contribution in [3.05, 3.63) is 0 Å². The number of amides is 1. The second kappa shape index (κ2) is 8.84. The van der Waals surface area contributed by atoms with Crippen LogP contribution in [0.5, 0.6) is 0 Å². The van der Waals surface area contributed by atoms with E-state index < -0.39 is 73.9 Å². The molecule has 0 bridgehead atoms. The highest BCUT2D eigenvalue weighted by Gasteiger charge is 2.50. The van der Waals surface area contributed by atoms with E-state index in [1.807, 2.05) is 0 Å². The standard InChI is InChI=1S/C14H25NO11/c1-4(17)15-2-5-12(9(20)10(21)13(23)24-5)26-14-11(22)8(19)7(18)6(3-16)25-14/h5-14,16,18-23H,2-3H2,1H3,(H,15,17)/t5-,6-,7-,8+,9-,10-,11-,12-,13-,14-/m1/s1. The third-order valence-corrected chi connectivity index (χ3v) is 4.35. The fourth-order valence-electron chi connectivity index (χ4n) is 2.83. The van der Waals surface area contributed by atoms with Crippen molar-refractivity contribution in [2.75, 3.05) is 13.2 Å². The van der Waals surface area contributed by atoms with Gasteiger partial charge in [0, 0.05) is 13.5 Å². The smallest absolute Gasteiger partial charge is 0.216 e. The molecule has 0 unspecified atom stereocenters. The summed E-state index contributed by atoms with van der Waals surface area (Å²) in [6.07, 6.45) is -15.5. The molecule has 2 saturated heterocycles. The van der Waals surface area contributed by atoms with Crippen LogP contribution in [0.4, 0.5) is 0 Å². The van der Waals surface area contributed by atoms with E-state index in [1.165, 1.54) is 6.92 Å². The van der Waals surface area contributed by atoms with E-state index in [2.05, 4.69) is 5.32 Å². The zero-order valence-electron chi connectivity index (χ0n) is 14.0. The first-order valence-electron chi connectivity index (χ1n) is 8.07. The van der Waals surface area contributed by atoms with Crippen LogP contribution >= 0.6 is 0 Å². The maximum absolute atomic E-state index is 11.1.